The van der Waals surface area contributed by atoms with Gasteiger partial charge in [0.2, 0.25) is 0 Å². The molecule has 0 heterocycles. The van der Waals surface area contributed by atoms with Crippen molar-refractivity contribution >= 4 is 35.0 Å². The fourth-order valence-electron chi connectivity index (χ4n) is 6.79. The number of ether oxygens (including phenoxy) is 3. The molecule has 0 spiro atoms. The Bertz CT molecular complexity index is 1770. The van der Waals surface area contributed by atoms with Crippen LogP contribution in [0.5, 0.6) is 11.5 Å². The Morgan fingerprint density at radius 3 is 1.96 bits per heavy atom. The molecule has 0 amide bonds. The van der Waals surface area contributed by atoms with E-state index in [2.05, 4.69) is 6.07 Å². The third kappa shape index (κ3) is 5.85. The molecule has 1 aliphatic rings. The van der Waals surface area contributed by atoms with Crippen LogP contribution in [-0.2, 0) is 15.1 Å². The molecule has 0 saturated heterocycles. The maximum absolute atomic E-state index is 14.9. The van der Waals surface area contributed by atoms with Crippen LogP contribution in [0, 0.1) is 22.7 Å². The summed E-state index contributed by atoms with van der Waals surface area (Å²) in [6.45, 7) is 1.66. The van der Waals surface area contributed by atoms with E-state index < -0.39 is 40.5 Å². The van der Waals surface area contributed by atoms with Gasteiger partial charge in [0.25, 0.3) is 0 Å². The number of methoxy groups -OCH3 is 2. The Morgan fingerprint density at radius 2 is 1.41 bits per heavy atom. The first kappa shape index (κ1) is 33.0. The van der Waals surface area contributed by atoms with E-state index in [1.54, 1.807) is 104 Å². The number of carbonyl (C=O) groups excluding carboxylic acids is 2. The van der Waals surface area contributed by atoms with Crippen molar-refractivity contribution in [2.45, 2.75) is 30.8 Å². The predicted octanol–water partition coefficient (Wildman–Crippen LogP) is 7.74. The number of benzene rings is 4. The SMILES string of the molecule is CCOC(=O)[C@@]1(C#N)[C@@H](c2cccc(OC)c2)C[C@](O)(c2ccc(Cl)cc2)[C@H](C(=O)c2ccc(Cl)cc2)[C@@H]1c1cccc(OC)c1. The summed E-state index contributed by atoms with van der Waals surface area (Å²) in [5.74, 6) is -3.86. The molecule has 0 unspecified atom stereocenters. The summed E-state index contributed by atoms with van der Waals surface area (Å²) >= 11 is 12.5. The van der Waals surface area contributed by atoms with Crippen molar-refractivity contribution in [3.8, 4) is 17.6 Å². The van der Waals surface area contributed by atoms with Crippen molar-refractivity contribution in [1.82, 2.24) is 0 Å². The van der Waals surface area contributed by atoms with Gasteiger partial charge in [0, 0.05) is 27.4 Å². The number of Topliss-reactive ketones (excluding diaryl/α,β-unsaturated/α-hetero) is 1. The van der Waals surface area contributed by atoms with Gasteiger partial charge in [0.15, 0.2) is 11.2 Å². The molecule has 0 bridgehead atoms. The van der Waals surface area contributed by atoms with Gasteiger partial charge in [-0.25, -0.2) is 0 Å². The minimum Gasteiger partial charge on any atom is -0.497 e. The summed E-state index contributed by atoms with van der Waals surface area (Å²) in [6, 6.07) is 29.2. The van der Waals surface area contributed by atoms with Gasteiger partial charge in [-0.15, -0.1) is 0 Å². The normalized spacial score (nSPS) is 24.0. The Balaban J connectivity index is 1.92. The smallest absolute Gasteiger partial charge is 0.327 e. The molecule has 0 aliphatic heterocycles. The minimum atomic E-state index is -1.99. The molecule has 5 atom stereocenters. The summed E-state index contributed by atoms with van der Waals surface area (Å²) in [6.07, 6.45) is -0.182. The zero-order valence-corrected chi connectivity index (χ0v) is 27.1. The first-order valence-electron chi connectivity index (χ1n) is 14.8. The highest BCUT2D eigenvalue weighted by Crippen LogP contribution is 2.64. The Morgan fingerprint density at radius 1 is 0.870 bits per heavy atom. The molecule has 236 valence electrons. The Kier molecular flexibility index (Phi) is 9.74. The van der Waals surface area contributed by atoms with E-state index in [9.17, 15) is 20.0 Å². The summed E-state index contributed by atoms with van der Waals surface area (Å²) in [4.78, 5) is 29.3. The molecular formula is C37H33Cl2NO6. The quantitative estimate of drug-likeness (QED) is 0.145. The molecule has 46 heavy (non-hydrogen) atoms. The van der Waals surface area contributed by atoms with Crippen molar-refractivity contribution in [3.63, 3.8) is 0 Å². The first-order valence-corrected chi connectivity index (χ1v) is 15.5. The van der Waals surface area contributed by atoms with E-state index >= 15 is 0 Å². The standard InChI is InChI=1S/C37H33Cl2NO6/c1-4-46-35(42)36(22-40)31(24-7-5-9-29(19-24)44-2)21-37(43,26-13-17-28(39)18-14-26)33(34(41)23-11-15-27(38)16-12-23)32(36)25-8-6-10-30(20-25)45-3/h5-20,31-33,43H,4,21H2,1-3H3/t31-,32+,33+,36+,37+/m1/s1. The highest BCUT2D eigenvalue weighted by atomic mass is 35.5. The lowest BCUT2D eigenvalue weighted by Gasteiger charge is -2.54. The lowest BCUT2D eigenvalue weighted by Crippen LogP contribution is -2.59. The van der Waals surface area contributed by atoms with Crippen molar-refractivity contribution in [2.75, 3.05) is 20.8 Å². The molecule has 7 nitrogen and oxygen atoms in total. The van der Waals surface area contributed by atoms with Crippen molar-refractivity contribution in [1.29, 1.82) is 5.26 Å². The number of carbonyl (C=O) groups is 2. The first-order chi connectivity index (χ1) is 22.1. The van der Waals surface area contributed by atoms with Crippen LogP contribution >= 0.6 is 23.2 Å². The van der Waals surface area contributed by atoms with Gasteiger partial charge in [-0.3, -0.25) is 9.59 Å². The lowest BCUT2D eigenvalue weighted by molar-refractivity contribution is -0.164. The van der Waals surface area contributed by atoms with E-state index in [1.165, 1.54) is 14.2 Å². The van der Waals surface area contributed by atoms with Crippen LogP contribution in [0.1, 0.15) is 52.2 Å². The molecule has 5 rings (SSSR count). The molecule has 1 N–H and O–H groups in total. The molecule has 1 aliphatic carbocycles. The fourth-order valence-corrected chi connectivity index (χ4v) is 7.05. The third-order valence-corrected chi connectivity index (χ3v) is 9.41. The van der Waals surface area contributed by atoms with Gasteiger partial charge in [-0.2, -0.15) is 5.26 Å². The summed E-state index contributed by atoms with van der Waals surface area (Å²) < 4.78 is 16.7. The number of hydrogen-bond acceptors (Lipinski definition) is 7. The summed E-state index contributed by atoms with van der Waals surface area (Å²) in [5, 5.41) is 25.3. The molecule has 1 fully saturated rings. The number of rotatable bonds is 9. The molecule has 0 aromatic heterocycles. The second kappa shape index (κ2) is 13.6. The van der Waals surface area contributed by atoms with Crippen LogP contribution in [0.15, 0.2) is 97.1 Å². The molecule has 9 heteroatoms. The minimum absolute atomic E-state index is 0.00479. The van der Waals surface area contributed by atoms with Gasteiger partial charge in [0.05, 0.1) is 32.8 Å². The molecule has 4 aromatic carbocycles. The zero-order chi connectivity index (χ0) is 33.1. The molecule has 4 aromatic rings. The molecule has 1 saturated carbocycles. The van der Waals surface area contributed by atoms with Gasteiger partial charge in [-0.1, -0.05) is 59.6 Å². The van der Waals surface area contributed by atoms with Gasteiger partial charge in [0.1, 0.15) is 17.1 Å². The van der Waals surface area contributed by atoms with Crippen LogP contribution in [-0.4, -0.2) is 37.7 Å². The topological polar surface area (TPSA) is 106 Å². The van der Waals surface area contributed by atoms with Gasteiger partial charge < -0.3 is 19.3 Å². The Labute approximate surface area is 278 Å². The number of nitriles is 1. The largest absolute Gasteiger partial charge is 0.497 e. The predicted molar refractivity (Wildman–Crippen MR) is 175 cm³/mol. The third-order valence-electron chi connectivity index (χ3n) is 8.91. The summed E-state index contributed by atoms with van der Waals surface area (Å²) in [5.41, 5.74) is -2.23. The van der Waals surface area contributed by atoms with E-state index in [4.69, 9.17) is 37.4 Å². The molecular weight excluding hydrogens is 625 g/mol. The number of halogens is 2. The van der Waals surface area contributed by atoms with Crippen LogP contribution < -0.4 is 9.47 Å². The monoisotopic (exact) mass is 657 g/mol. The van der Waals surface area contributed by atoms with Gasteiger partial charge in [-0.05, 0) is 90.7 Å². The van der Waals surface area contributed by atoms with Crippen LogP contribution in [0.4, 0.5) is 0 Å². The number of nitrogens with zero attached hydrogens (tertiary/aromatic N) is 1. The van der Waals surface area contributed by atoms with Crippen molar-refractivity contribution in [3.05, 3.63) is 129 Å². The number of aliphatic hydroxyl groups is 1. The highest BCUT2D eigenvalue weighted by Gasteiger charge is 2.67. The fraction of sp³-hybridized carbons (Fsp3) is 0.270. The van der Waals surface area contributed by atoms with Crippen molar-refractivity contribution in [2.24, 2.45) is 11.3 Å². The Hall–Kier alpha value is -4.35. The average Bonchev–Trinajstić information content (AvgIpc) is 3.08. The van der Waals surface area contributed by atoms with Crippen LogP contribution in [0.2, 0.25) is 10.0 Å². The van der Waals surface area contributed by atoms with E-state index in [-0.39, 0.29) is 18.6 Å². The van der Waals surface area contributed by atoms with Gasteiger partial charge >= 0.3 is 5.97 Å². The summed E-state index contributed by atoms with van der Waals surface area (Å²) in [7, 11) is 3.02. The van der Waals surface area contributed by atoms with E-state index in [1.807, 2.05) is 0 Å². The second-order valence-corrected chi connectivity index (χ2v) is 12.1. The lowest BCUT2D eigenvalue weighted by atomic mass is 9.47. The van der Waals surface area contributed by atoms with Crippen LogP contribution in [0.3, 0.4) is 0 Å². The maximum Gasteiger partial charge on any atom is 0.327 e. The van der Waals surface area contributed by atoms with Crippen molar-refractivity contribution < 1.29 is 28.9 Å². The van der Waals surface area contributed by atoms with E-state index in [0.717, 1.165) is 0 Å². The number of hydrogen-bond donors (Lipinski definition) is 1. The average molecular weight is 659 g/mol. The maximum atomic E-state index is 14.9. The zero-order valence-electron chi connectivity index (χ0n) is 25.6. The second-order valence-electron chi connectivity index (χ2n) is 11.3. The van der Waals surface area contributed by atoms with E-state index in [0.29, 0.717) is 38.2 Å². The number of ketones is 1. The van der Waals surface area contributed by atoms with Crippen LogP contribution in [0.25, 0.3) is 0 Å². The highest BCUT2D eigenvalue weighted by molar-refractivity contribution is 6.31. The molecule has 0 radical (unpaired) electrons. The number of esters is 1.